The van der Waals surface area contributed by atoms with E-state index in [4.69, 9.17) is 0 Å². The number of nitrogens with one attached hydrogen (secondary N) is 1. The smallest absolute Gasteiger partial charge is 0.219 e. The molecule has 3 heteroatoms. The number of aliphatic hydroxyl groups is 1. The molecule has 0 aromatic heterocycles. The zero-order valence-electron chi connectivity index (χ0n) is 14.8. The number of carbonyl (C=O) groups excluding carboxylic acids is 1. The van der Waals surface area contributed by atoms with E-state index in [9.17, 15) is 9.90 Å². The van der Waals surface area contributed by atoms with Crippen molar-refractivity contribution in [3.63, 3.8) is 0 Å². The lowest BCUT2D eigenvalue weighted by atomic mass is 10.1. The van der Waals surface area contributed by atoms with E-state index in [1.54, 1.807) is 7.05 Å². The van der Waals surface area contributed by atoms with Crippen molar-refractivity contribution in [1.29, 1.82) is 0 Å². The molecule has 1 atom stereocenters. The number of hydrogen-bond donors (Lipinski definition) is 2. The first-order valence-electron chi connectivity index (χ1n) is 9.24. The van der Waals surface area contributed by atoms with E-state index in [0.717, 1.165) is 38.5 Å². The van der Waals surface area contributed by atoms with Gasteiger partial charge in [0.1, 0.15) is 0 Å². The SMILES string of the molecule is CCCCCC[C@@H](O)C/C=C/CCCCCCCC(=O)NC. The molecule has 0 rings (SSSR count). The Kier molecular flexibility index (Phi) is 15.9. The van der Waals surface area contributed by atoms with Crippen molar-refractivity contribution < 1.29 is 9.90 Å². The van der Waals surface area contributed by atoms with Gasteiger partial charge >= 0.3 is 0 Å². The van der Waals surface area contributed by atoms with Gasteiger partial charge in [-0.05, 0) is 32.1 Å². The van der Waals surface area contributed by atoms with Gasteiger partial charge in [-0.2, -0.15) is 0 Å². The van der Waals surface area contributed by atoms with Crippen molar-refractivity contribution in [2.45, 2.75) is 96.5 Å². The molecule has 0 aliphatic heterocycles. The van der Waals surface area contributed by atoms with Crippen LogP contribution in [0.1, 0.15) is 90.4 Å². The fourth-order valence-corrected chi connectivity index (χ4v) is 2.50. The minimum atomic E-state index is -0.155. The van der Waals surface area contributed by atoms with Gasteiger partial charge in [-0.25, -0.2) is 0 Å². The van der Waals surface area contributed by atoms with Crippen LogP contribution in [0.15, 0.2) is 12.2 Å². The van der Waals surface area contributed by atoms with E-state index in [1.165, 1.54) is 38.5 Å². The highest BCUT2D eigenvalue weighted by Gasteiger charge is 2.00. The molecule has 0 radical (unpaired) electrons. The zero-order valence-corrected chi connectivity index (χ0v) is 14.8. The molecule has 130 valence electrons. The van der Waals surface area contributed by atoms with Crippen molar-refractivity contribution in [2.24, 2.45) is 0 Å². The molecule has 0 aliphatic rings. The summed E-state index contributed by atoms with van der Waals surface area (Å²) < 4.78 is 0. The molecule has 0 aliphatic carbocycles. The normalized spacial score (nSPS) is 12.7. The van der Waals surface area contributed by atoms with E-state index in [2.05, 4.69) is 24.4 Å². The van der Waals surface area contributed by atoms with E-state index >= 15 is 0 Å². The van der Waals surface area contributed by atoms with Crippen LogP contribution in [0.4, 0.5) is 0 Å². The molecule has 2 N–H and O–H groups in total. The second-order valence-electron chi connectivity index (χ2n) is 6.19. The Morgan fingerprint density at radius 2 is 1.68 bits per heavy atom. The third-order valence-corrected chi connectivity index (χ3v) is 4.02. The highest BCUT2D eigenvalue weighted by Crippen LogP contribution is 2.10. The molecule has 0 bridgehead atoms. The molecule has 0 saturated carbocycles. The zero-order chi connectivity index (χ0) is 16.5. The van der Waals surface area contributed by atoms with Crippen LogP contribution in [0.5, 0.6) is 0 Å². The Bertz CT molecular complexity index is 277. The first-order chi connectivity index (χ1) is 10.7. The van der Waals surface area contributed by atoms with E-state index in [1.807, 2.05) is 0 Å². The molecule has 0 aromatic rings. The van der Waals surface area contributed by atoms with Crippen LogP contribution in [0.25, 0.3) is 0 Å². The number of rotatable bonds is 15. The summed E-state index contributed by atoms with van der Waals surface area (Å²) in [5, 5.41) is 12.5. The number of hydrogen-bond acceptors (Lipinski definition) is 2. The van der Waals surface area contributed by atoms with Gasteiger partial charge in [-0.3, -0.25) is 4.79 Å². The van der Waals surface area contributed by atoms with Gasteiger partial charge in [0, 0.05) is 13.5 Å². The molecule has 0 spiro atoms. The average molecular weight is 312 g/mol. The molecule has 1 amide bonds. The molecule has 22 heavy (non-hydrogen) atoms. The largest absolute Gasteiger partial charge is 0.393 e. The van der Waals surface area contributed by atoms with Crippen LogP contribution < -0.4 is 5.32 Å². The summed E-state index contributed by atoms with van der Waals surface area (Å²) in [5.41, 5.74) is 0. The van der Waals surface area contributed by atoms with Crippen LogP contribution in [0, 0.1) is 0 Å². The van der Waals surface area contributed by atoms with Crippen molar-refractivity contribution >= 4 is 5.91 Å². The Morgan fingerprint density at radius 1 is 1.00 bits per heavy atom. The van der Waals surface area contributed by atoms with Crippen LogP contribution in [0.3, 0.4) is 0 Å². The van der Waals surface area contributed by atoms with Crippen LogP contribution in [-0.2, 0) is 4.79 Å². The van der Waals surface area contributed by atoms with Crippen molar-refractivity contribution in [2.75, 3.05) is 7.05 Å². The maximum Gasteiger partial charge on any atom is 0.219 e. The van der Waals surface area contributed by atoms with Gasteiger partial charge in [0.2, 0.25) is 5.91 Å². The minimum absolute atomic E-state index is 0.149. The summed E-state index contributed by atoms with van der Waals surface area (Å²) >= 11 is 0. The predicted molar refractivity (Wildman–Crippen MR) is 94.9 cm³/mol. The molecule has 0 fully saturated rings. The summed E-state index contributed by atoms with van der Waals surface area (Å²) in [7, 11) is 1.69. The monoisotopic (exact) mass is 311 g/mol. The van der Waals surface area contributed by atoms with E-state index in [0.29, 0.717) is 6.42 Å². The lowest BCUT2D eigenvalue weighted by Gasteiger charge is -2.07. The lowest BCUT2D eigenvalue weighted by molar-refractivity contribution is -0.120. The van der Waals surface area contributed by atoms with Crippen molar-refractivity contribution in [3.05, 3.63) is 12.2 Å². The Labute approximate surface area is 137 Å². The van der Waals surface area contributed by atoms with Gasteiger partial charge in [-0.15, -0.1) is 0 Å². The second-order valence-corrected chi connectivity index (χ2v) is 6.19. The number of amides is 1. The first kappa shape index (κ1) is 21.2. The molecule has 0 aromatic carbocycles. The summed E-state index contributed by atoms with van der Waals surface area (Å²) in [6, 6.07) is 0. The predicted octanol–water partition coefficient (Wildman–Crippen LogP) is 4.74. The summed E-state index contributed by atoms with van der Waals surface area (Å²) in [4.78, 5) is 11.0. The average Bonchev–Trinajstić information content (AvgIpc) is 2.53. The standard InChI is InChI=1S/C19H37NO2/c1-3-4-5-12-15-18(21)16-13-10-8-6-7-9-11-14-17-19(22)20-2/h10,13,18,21H,3-9,11-12,14-17H2,1-2H3,(H,20,22)/b13-10+/t18-/m1/s1. The topological polar surface area (TPSA) is 49.3 Å². The molecule has 0 saturated heterocycles. The Balaban J connectivity index is 3.28. The number of unbranched alkanes of at least 4 members (excludes halogenated alkanes) is 8. The fraction of sp³-hybridized carbons (Fsp3) is 0.842. The molecular formula is C19H37NO2. The third-order valence-electron chi connectivity index (χ3n) is 4.02. The molecular weight excluding hydrogens is 274 g/mol. The molecule has 0 heterocycles. The van der Waals surface area contributed by atoms with Gasteiger partial charge < -0.3 is 10.4 Å². The van der Waals surface area contributed by atoms with Crippen molar-refractivity contribution in [3.8, 4) is 0 Å². The second kappa shape index (κ2) is 16.5. The molecule has 0 unspecified atom stereocenters. The highest BCUT2D eigenvalue weighted by atomic mass is 16.3. The van der Waals surface area contributed by atoms with Gasteiger partial charge in [0.15, 0.2) is 0 Å². The number of carbonyl (C=O) groups is 1. The molecule has 3 nitrogen and oxygen atoms in total. The maximum absolute atomic E-state index is 11.0. The maximum atomic E-state index is 11.0. The summed E-state index contributed by atoms with van der Waals surface area (Å²) in [6.07, 6.45) is 18.4. The highest BCUT2D eigenvalue weighted by molar-refractivity contribution is 5.75. The van der Waals surface area contributed by atoms with Crippen molar-refractivity contribution in [1.82, 2.24) is 5.32 Å². The lowest BCUT2D eigenvalue weighted by Crippen LogP contribution is -2.16. The fourth-order valence-electron chi connectivity index (χ4n) is 2.50. The summed E-state index contributed by atoms with van der Waals surface area (Å²) in [5.74, 6) is 0.149. The van der Waals surface area contributed by atoms with Gasteiger partial charge in [0.25, 0.3) is 0 Å². The van der Waals surface area contributed by atoms with Crippen LogP contribution in [-0.4, -0.2) is 24.2 Å². The van der Waals surface area contributed by atoms with E-state index in [-0.39, 0.29) is 12.0 Å². The van der Waals surface area contributed by atoms with Gasteiger partial charge in [0.05, 0.1) is 6.10 Å². The quantitative estimate of drug-likeness (QED) is 0.339. The Morgan fingerprint density at radius 3 is 2.41 bits per heavy atom. The minimum Gasteiger partial charge on any atom is -0.393 e. The summed E-state index contributed by atoms with van der Waals surface area (Å²) in [6.45, 7) is 2.21. The Hall–Kier alpha value is -0.830. The van der Waals surface area contributed by atoms with Gasteiger partial charge in [-0.1, -0.05) is 64.0 Å². The van der Waals surface area contributed by atoms with E-state index < -0.39 is 0 Å². The number of aliphatic hydroxyl groups excluding tert-OH is 1. The first-order valence-corrected chi connectivity index (χ1v) is 9.24. The number of allylic oxidation sites excluding steroid dienone is 1. The van der Waals surface area contributed by atoms with Crippen LogP contribution >= 0.6 is 0 Å². The third kappa shape index (κ3) is 15.6. The van der Waals surface area contributed by atoms with Crippen LogP contribution in [0.2, 0.25) is 0 Å².